The molecule has 144 valence electrons. The smallest absolute Gasteiger partial charge is 0.227 e. The predicted octanol–water partition coefficient (Wildman–Crippen LogP) is -2.52. The summed E-state index contributed by atoms with van der Waals surface area (Å²) in [7, 11) is 0. The van der Waals surface area contributed by atoms with E-state index in [2.05, 4.69) is 4.99 Å². The highest BCUT2D eigenvalue weighted by atomic mass is 16.7. The largest absolute Gasteiger partial charge is 0.450 e. The Hall–Kier alpha value is -0.850. The van der Waals surface area contributed by atoms with Crippen LogP contribution in [0.1, 0.15) is 20.3 Å². The summed E-state index contributed by atoms with van der Waals surface area (Å²) in [4.78, 5) is 4.15. The van der Waals surface area contributed by atoms with Crippen LogP contribution in [0, 0.1) is 0 Å². The van der Waals surface area contributed by atoms with Gasteiger partial charge < -0.3 is 44.5 Å². The molecule has 2 saturated heterocycles. The Kier molecular flexibility index (Phi) is 5.61. The molecule has 0 aromatic carbocycles. The summed E-state index contributed by atoms with van der Waals surface area (Å²) in [6.07, 6.45) is -9.87. The van der Waals surface area contributed by atoms with Crippen molar-refractivity contribution in [2.24, 2.45) is 4.99 Å². The summed E-state index contributed by atoms with van der Waals surface area (Å²) in [6, 6.07) is -0.731. The van der Waals surface area contributed by atoms with Crippen LogP contribution in [0.5, 0.6) is 0 Å². The van der Waals surface area contributed by atoms with E-state index in [0.29, 0.717) is 12.3 Å². The van der Waals surface area contributed by atoms with E-state index in [9.17, 15) is 25.5 Å². The first kappa shape index (κ1) is 18.9. The van der Waals surface area contributed by atoms with E-state index in [0.717, 1.165) is 0 Å². The highest BCUT2D eigenvalue weighted by Gasteiger charge is 2.52. The first-order valence-electron chi connectivity index (χ1n) is 8.38. The van der Waals surface area contributed by atoms with Crippen LogP contribution in [-0.4, -0.2) is 99.4 Å². The maximum atomic E-state index is 10.6. The van der Waals surface area contributed by atoms with Gasteiger partial charge in [0.1, 0.15) is 42.7 Å². The fourth-order valence-corrected chi connectivity index (χ4v) is 3.39. The lowest BCUT2D eigenvalue weighted by molar-refractivity contribution is -0.339. The molecule has 0 amide bonds. The van der Waals surface area contributed by atoms with Crippen LogP contribution in [-0.2, 0) is 18.9 Å². The van der Waals surface area contributed by atoms with Gasteiger partial charge in [0.05, 0.1) is 12.7 Å². The van der Waals surface area contributed by atoms with E-state index in [4.69, 9.17) is 18.9 Å². The van der Waals surface area contributed by atoms with Gasteiger partial charge >= 0.3 is 0 Å². The van der Waals surface area contributed by atoms with E-state index >= 15 is 0 Å². The Labute approximate surface area is 144 Å². The van der Waals surface area contributed by atoms with Crippen LogP contribution in [0.2, 0.25) is 0 Å². The van der Waals surface area contributed by atoms with Gasteiger partial charge in [0.2, 0.25) is 6.29 Å². The summed E-state index contributed by atoms with van der Waals surface area (Å²) in [5.74, 6) is 0.352. The van der Waals surface area contributed by atoms with Crippen molar-refractivity contribution >= 4 is 5.90 Å². The molecule has 3 aliphatic rings. The van der Waals surface area contributed by atoms with Gasteiger partial charge in [-0.05, 0) is 6.42 Å². The zero-order valence-corrected chi connectivity index (χ0v) is 14.0. The summed E-state index contributed by atoms with van der Waals surface area (Å²) in [6.45, 7) is 2.91. The Morgan fingerprint density at radius 1 is 1.00 bits per heavy atom. The van der Waals surface area contributed by atoms with E-state index < -0.39 is 68.0 Å². The zero-order chi connectivity index (χ0) is 18.3. The molecule has 10 atom stereocenters. The standard InChI is InChI=1S/C15H25NO9/c1-3-6-9(18)11(20)12(21)15(23-6)25-13-7(4-17)24-14-8(10(13)19)16-5(2)22-14/h6-15,17-21H,3-4H2,1-2H3/t6?,7?,8?,9-,10+,11-,12?,13+,14-,15-/m0/s1. The number of hydrogen-bond acceptors (Lipinski definition) is 10. The lowest BCUT2D eigenvalue weighted by Gasteiger charge is -2.45. The number of hydrogen-bond donors (Lipinski definition) is 5. The molecular formula is C15H25NO9. The minimum Gasteiger partial charge on any atom is -0.450 e. The number of aliphatic imine (C=N–C) groups is 1. The normalized spacial score (nSPS) is 50.1. The van der Waals surface area contributed by atoms with Crippen molar-refractivity contribution in [2.75, 3.05) is 6.61 Å². The number of nitrogens with zero attached hydrogens (tertiary/aromatic N) is 1. The van der Waals surface area contributed by atoms with Crippen molar-refractivity contribution in [1.29, 1.82) is 0 Å². The second kappa shape index (κ2) is 7.41. The number of ether oxygens (including phenoxy) is 4. The fraction of sp³-hybridized carbons (Fsp3) is 0.933. The average Bonchev–Trinajstić information content (AvgIpc) is 2.97. The highest BCUT2D eigenvalue weighted by Crippen LogP contribution is 2.33. The van der Waals surface area contributed by atoms with Crippen LogP contribution in [0.3, 0.4) is 0 Å². The number of fused-ring (bicyclic) bond motifs is 1. The van der Waals surface area contributed by atoms with Gasteiger partial charge in [0.15, 0.2) is 12.2 Å². The molecule has 0 bridgehead atoms. The SMILES string of the molecule is CCC1O[C@@H](O[C@@H]2C(CO)O[C@@H]3OC(C)=NC3[C@H]2O)C(O)[C@@H](O)[C@H]1O. The molecule has 4 unspecified atom stereocenters. The lowest BCUT2D eigenvalue weighted by Crippen LogP contribution is -2.63. The molecule has 5 N–H and O–H groups in total. The molecule has 10 nitrogen and oxygen atoms in total. The first-order chi connectivity index (χ1) is 11.9. The van der Waals surface area contributed by atoms with Gasteiger partial charge in [-0.1, -0.05) is 6.92 Å². The predicted molar refractivity (Wildman–Crippen MR) is 81.6 cm³/mol. The van der Waals surface area contributed by atoms with Crippen molar-refractivity contribution < 1.29 is 44.5 Å². The van der Waals surface area contributed by atoms with Crippen molar-refractivity contribution in [1.82, 2.24) is 0 Å². The number of rotatable bonds is 4. The third-order valence-electron chi connectivity index (χ3n) is 4.80. The Balaban J connectivity index is 1.75. The van der Waals surface area contributed by atoms with Crippen LogP contribution in [0.25, 0.3) is 0 Å². The molecule has 0 saturated carbocycles. The topological polar surface area (TPSA) is 150 Å². The summed E-state index contributed by atoms with van der Waals surface area (Å²) in [5, 5.41) is 50.1. The lowest BCUT2D eigenvalue weighted by atomic mass is 9.95. The average molecular weight is 363 g/mol. The van der Waals surface area contributed by atoms with Gasteiger partial charge in [0, 0.05) is 6.92 Å². The number of aliphatic hydroxyl groups is 5. The van der Waals surface area contributed by atoms with Crippen LogP contribution < -0.4 is 0 Å². The van der Waals surface area contributed by atoms with Gasteiger partial charge in [-0.2, -0.15) is 0 Å². The molecule has 0 radical (unpaired) electrons. The zero-order valence-electron chi connectivity index (χ0n) is 14.0. The molecule has 0 aliphatic carbocycles. The van der Waals surface area contributed by atoms with Crippen molar-refractivity contribution in [3.63, 3.8) is 0 Å². The quantitative estimate of drug-likeness (QED) is 0.365. The minimum absolute atomic E-state index is 0.352. The van der Waals surface area contributed by atoms with Crippen molar-refractivity contribution in [2.45, 2.75) is 81.6 Å². The van der Waals surface area contributed by atoms with Gasteiger partial charge in [-0.25, -0.2) is 4.99 Å². The van der Waals surface area contributed by atoms with Gasteiger partial charge in [0.25, 0.3) is 0 Å². The second-order valence-electron chi connectivity index (χ2n) is 6.50. The molecular weight excluding hydrogens is 338 g/mol. The minimum atomic E-state index is -1.52. The van der Waals surface area contributed by atoms with E-state index in [1.807, 2.05) is 0 Å². The maximum absolute atomic E-state index is 10.6. The maximum Gasteiger partial charge on any atom is 0.227 e. The van der Waals surface area contributed by atoms with Crippen LogP contribution >= 0.6 is 0 Å². The van der Waals surface area contributed by atoms with Crippen molar-refractivity contribution in [3.8, 4) is 0 Å². The monoisotopic (exact) mass is 363 g/mol. The molecule has 0 aromatic rings. The third kappa shape index (κ3) is 3.40. The van der Waals surface area contributed by atoms with Gasteiger partial charge in [-0.15, -0.1) is 0 Å². The van der Waals surface area contributed by atoms with Crippen LogP contribution in [0.15, 0.2) is 4.99 Å². The third-order valence-corrected chi connectivity index (χ3v) is 4.80. The Bertz CT molecular complexity index is 501. The van der Waals surface area contributed by atoms with Gasteiger partial charge in [-0.3, -0.25) is 0 Å². The molecule has 3 rings (SSSR count). The first-order valence-corrected chi connectivity index (χ1v) is 8.38. The molecule has 2 fully saturated rings. The molecule has 0 spiro atoms. The fourth-order valence-electron chi connectivity index (χ4n) is 3.39. The summed E-state index contributed by atoms with van der Waals surface area (Å²) < 4.78 is 22.1. The molecule has 0 aromatic heterocycles. The van der Waals surface area contributed by atoms with Crippen LogP contribution in [0.4, 0.5) is 0 Å². The van der Waals surface area contributed by atoms with Crippen molar-refractivity contribution in [3.05, 3.63) is 0 Å². The molecule has 25 heavy (non-hydrogen) atoms. The number of aliphatic hydroxyl groups excluding tert-OH is 5. The summed E-state index contributed by atoms with van der Waals surface area (Å²) >= 11 is 0. The van der Waals surface area contributed by atoms with E-state index in [1.54, 1.807) is 13.8 Å². The molecule has 10 heteroatoms. The summed E-state index contributed by atoms with van der Waals surface area (Å²) in [5.41, 5.74) is 0. The highest BCUT2D eigenvalue weighted by molar-refractivity contribution is 5.75. The Morgan fingerprint density at radius 3 is 2.36 bits per heavy atom. The molecule has 3 aliphatic heterocycles. The molecule has 3 heterocycles. The van der Waals surface area contributed by atoms with E-state index in [1.165, 1.54) is 0 Å². The van der Waals surface area contributed by atoms with E-state index in [-0.39, 0.29) is 0 Å². The second-order valence-corrected chi connectivity index (χ2v) is 6.50. The Morgan fingerprint density at radius 2 is 1.72 bits per heavy atom.